The van der Waals surface area contributed by atoms with E-state index in [1.807, 2.05) is 29.0 Å². The molecule has 0 N–H and O–H groups in total. The second-order valence-corrected chi connectivity index (χ2v) is 4.22. The van der Waals surface area contributed by atoms with Gasteiger partial charge >= 0.3 is 0 Å². The van der Waals surface area contributed by atoms with Crippen molar-refractivity contribution in [1.82, 2.24) is 9.55 Å². The fraction of sp³-hybridized carbons (Fsp3) is 0.167. The van der Waals surface area contributed by atoms with Crippen molar-refractivity contribution in [2.75, 3.05) is 6.26 Å². The Morgan fingerprint density at radius 1 is 1.50 bits per heavy atom. The van der Waals surface area contributed by atoms with E-state index in [9.17, 15) is 0 Å². The third-order valence-electron chi connectivity index (χ3n) is 2.29. The lowest BCUT2D eigenvalue weighted by Gasteiger charge is -2.09. The quantitative estimate of drug-likeness (QED) is 0.812. The highest BCUT2D eigenvalue weighted by Crippen LogP contribution is 2.20. The number of hydrogen-bond donors (Lipinski definition) is 0. The summed E-state index contributed by atoms with van der Waals surface area (Å²) in [4.78, 5) is 4.03. The van der Waals surface area contributed by atoms with E-state index in [0.29, 0.717) is 5.56 Å². The molecule has 0 unspecified atom stereocenters. The van der Waals surface area contributed by atoms with Gasteiger partial charge in [0.05, 0.1) is 23.6 Å². The highest BCUT2D eigenvalue weighted by molar-refractivity contribution is 7.97. The molecule has 0 fully saturated rings. The smallest absolute Gasteiger partial charge is 0.0991 e. The fourth-order valence-corrected chi connectivity index (χ4v) is 2.12. The number of imidazole rings is 1. The van der Waals surface area contributed by atoms with Crippen molar-refractivity contribution in [3.63, 3.8) is 0 Å². The molecule has 0 radical (unpaired) electrons. The van der Waals surface area contributed by atoms with Crippen molar-refractivity contribution >= 4 is 11.8 Å². The lowest BCUT2D eigenvalue weighted by molar-refractivity contribution is 1.04. The molecule has 3 nitrogen and oxygen atoms in total. The summed E-state index contributed by atoms with van der Waals surface area (Å²) in [5.41, 5.74) is 2.95. The molecule has 16 heavy (non-hydrogen) atoms. The predicted molar refractivity (Wildman–Crippen MR) is 65.5 cm³/mol. The number of nitrogens with zero attached hydrogens (tertiary/aromatic N) is 3. The predicted octanol–water partition coefficient (Wildman–Crippen LogP) is 2.61. The van der Waals surface area contributed by atoms with Gasteiger partial charge in [-0.15, -0.1) is 0 Å². The monoisotopic (exact) mass is 229 g/mol. The molecule has 0 atom stereocenters. The molecule has 2 rings (SSSR count). The van der Waals surface area contributed by atoms with Crippen LogP contribution in [-0.2, 0) is 5.75 Å². The molecule has 0 aliphatic rings. The number of hydrogen-bond acceptors (Lipinski definition) is 3. The van der Waals surface area contributed by atoms with E-state index in [2.05, 4.69) is 17.3 Å². The van der Waals surface area contributed by atoms with Crippen molar-refractivity contribution in [2.45, 2.75) is 5.75 Å². The zero-order valence-electron chi connectivity index (χ0n) is 8.92. The van der Waals surface area contributed by atoms with Crippen LogP contribution in [-0.4, -0.2) is 15.8 Å². The summed E-state index contributed by atoms with van der Waals surface area (Å²) in [5, 5.41) is 8.88. The van der Waals surface area contributed by atoms with Crippen LogP contribution in [0.4, 0.5) is 0 Å². The summed E-state index contributed by atoms with van der Waals surface area (Å²) in [6.45, 7) is 0. The first-order valence-electron chi connectivity index (χ1n) is 4.85. The van der Waals surface area contributed by atoms with Crippen LogP contribution in [0.25, 0.3) is 5.69 Å². The van der Waals surface area contributed by atoms with Gasteiger partial charge in [0.25, 0.3) is 0 Å². The van der Waals surface area contributed by atoms with Gasteiger partial charge in [-0.3, -0.25) is 0 Å². The van der Waals surface area contributed by atoms with Crippen LogP contribution in [0.5, 0.6) is 0 Å². The Labute approximate surface area is 98.7 Å². The minimum atomic E-state index is 0.702. The lowest BCUT2D eigenvalue weighted by atomic mass is 10.1. The summed E-state index contributed by atoms with van der Waals surface area (Å²) >= 11 is 1.74. The number of benzene rings is 1. The number of aromatic nitrogens is 2. The minimum Gasteiger partial charge on any atom is -0.306 e. The van der Waals surface area contributed by atoms with Crippen LogP contribution in [0.15, 0.2) is 36.9 Å². The summed E-state index contributed by atoms with van der Waals surface area (Å²) in [6, 6.07) is 7.90. The molecule has 0 aliphatic heterocycles. The highest BCUT2D eigenvalue weighted by Gasteiger charge is 2.05. The van der Waals surface area contributed by atoms with Gasteiger partial charge in [-0.1, -0.05) is 0 Å². The first kappa shape index (κ1) is 10.8. The molecule has 0 saturated heterocycles. The molecule has 0 saturated carbocycles. The molecule has 1 aromatic carbocycles. The first-order valence-corrected chi connectivity index (χ1v) is 6.25. The highest BCUT2D eigenvalue weighted by atomic mass is 32.2. The van der Waals surface area contributed by atoms with E-state index in [0.717, 1.165) is 17.0 Å². The average Bonchev–Trinajstić information content (AvgIpc) is 2.83. The topological polar surface area (TPSA) is 41.6 Å². The van der Waals surface area contributed by atoms with Crippen molar-refractivity contribution in [1.29, 1.82) is 5.26 Å². The van der Waals surface area contributed by atoms with Gasteiger partial charge in [-0.2, -0.15) is 17.0 Å². The number of thioether (sulfide) groups is 1. The third kappa shape index (κ3) is 2.10. The van der Waals surface area contributed by atoms with Gasteiger partial charge in [0.1, 0.15) is 0 Å². The van der Waals surface area contributed by atoms with Crippen molar-refractivity contribution in [3.8, 4) is 11.8 Å². The lowest BCUT2D eigenvalue weighted by Crippen LogP contribution is -1.97. The first-order chi connectivity index (χ1) is 7.85. The van der Waals surface area contributed by atoms with E-state index in [1.54, 1.807) is 24.3 Å². The molecule has 4 heteroatoms. The molecule has 0 bridgehead atoms. The van der Waals surface area contributed by atoms with Gasteiger partial charge in [0, 0.05) is 18.1 Å². The Bertz CT molecular complexity index is 512. The Hall–Kier alpha value is -1.73. The van der Waals surface area contributed by atoms with Gasteiger partial charge in [0.2, 0.25) is 0 Å². The number of nitriles is 1. The molecular formula is C12H11N3S. The van der Waals surface area contributed by atoms with Crippen molar-refractivity contribution in [3.05, 3.63) is 48.0 Å². The maximum atomic E-state index is 8.88. The fourth-order valence-electron chi connectivity index (χ4n) is 1.58. The van der Waals surface area contributed by atoms with E-state index in [-0.39, 0.29) is 0 Å². The molecule has 2 aromatic rings. The molecule has 0 aliphatic carbocycles. The summed E-state index contributed by atoms with van der Waals surface area (Å²) in [5.74, 6) is 0.892. The van der Waals surface area contributed by atoms with Crippen LogP contribution in [0.1, 0.15) is 11.1 Å². The molecule has 1 heterocycles. The standard InChI is InChI=1S/C12H11N3S/c1-16-8-11-6-10(7-13)2-3-12(11)15-5-4-14-9-15/h2-6,9H,8H2,1H3. The van der Waals surface area contributed by atoms with Gasteiger partial charge in [-0.25, -0.2) is 4.98 Å². The maximum Gasteiger partial charge on any atom is 0.0991 e. The van der Waals surface area contributed by atoms with E-state index < -0.39 is 0 Å². The second-order valence-electron chi connectivity index (χ2n) is 3.36. The molecule has 80 valence electrons. The van der Waals surface area contributed by atoms with Gasteiger partial charge in [0.15, 0.2) is 0 Å². The third-order valence-corrected chi connectivity index (χ3v) is 2.89. The Balaban J connectivity index is 2.49. The van der Waals surface area contributed by atoms with Gasteiger partial charge < -0.3 is 4.57 Å². The summed E-state index contributed by atoms with van der Waals surface area (Å²) in [6.07, 6.45) is 7.48. The second kappa shape index (κ2) is 4.86. The van der Waals surface area contributed by atoms with Crippen LogP contribution < -0.4 is 0 Å². The molecular weight excluding hydrogens is 218 g/mol. The Kier molecular flexibility index (Phi) is 3.28. The van der Waals surface area contributed by atoms with Crippen molar-refractivity contribution in [2.24, 2.45) is 0 Å². The maximum absolute atomic E-state index is 8.88. The number of rotatable bonds is 3. The normalized spacial score (nSPS) is 10.0. The molecule has 0 spiro atoms. The van der Waals surface area contributed by atoms with Crippen LogP contribution in [0.3, 0.4) is 0 Å². The molecule has 0 amide bonds. The van der Waals surface area contributed by atoms with Crippen LogP contribution in [0.2, 0.25) is 0 Å². The van der Waals surface area contributed by atoms with E-state index in [1.165, 1.54) is 0 Å². The Morgan fingerprint density at radius 3 is 3.00 bits per heavy atom. The summed E-state index contributed by atoms with van der Waals surface area (Å²) in [7, 11) is 0. The van der Waals surface area contributed by atoms with Gasteiger partial charge in [-0.05, 0) is 30.0 Å². The average molecular weight is 229 g/mol. The van der Waals surface area contributed by atoms with Crippen molar-refractivity contribution < 1.29 is 0 Å². The zero-order chi connectivity index (χ0) is 11.4. The zero-order valence-corrected chi connectivity index (χ0v) is 9.74. The van der Waals surface area contributed by atoms with E-state index in [4.69, 9.17) is 5.26 Å². The summed E-state index contributed by atoms with van der Waals surface area (Å²) < 4.78 is 1.96. The molecule has 1 aromatic heterocycles. The largest absolute Gasteiger partial charge is 0.306 e. The van der Waals surface area contributed by atoms with Crippen LogP contribution in [0, 0.1) is 11.3 Å². The Morgan fingerprint density at radius 2 is 2.38 bits per heavy atom. The minimum absolute atomic E-state index is 0.702. The SMILES string of the molecule is CSCc1cc(C#N)ccc1-n1ccnc1. The van der Waals surface area contributed by atoms with Crippen LogP contribution >= 0.6 is 11.8 Å². The van der Waals surface area contributed by atoms with E-state index >= 15 is 0 Å².